The van der Waals surface area contributed by atoms with Crippen LogP contribution in [0.2, 0.25) is 0 Å². The molecule has 0 unspecified atom stereocenters. The van der Waals surface area contributed by atoms with Crippen LogP contribution >= 0.6 is 11.8 Å². The minimum Gasteiger partial charge on any atom is -0.435 e. The molecule has 10 heteroatoms. The van der Waals surface area contributed by atoms with Crippen molar-refractivity contribution in [2.45, 2.75) is 31.5 Å². The first-order valence-corrected chi connectivity index (χ1v) is 10.1. The fourth-order valence-corrected chi connectivity index (χ4v) is 3.44. The number of nitrogens with two attached hydrogens (primary N) is 1. The number of nitrogens with one attached hydrogen (secondary N) is 1. The first-order chi connectivity index (χ1) is 14.3. The number of rotatable bonds is 8. The first-order valence-electron chi connectivity index (χ1n) is 9.12. The van der Waals surface area contributed by atoms with E-state index in [1.165, 1.54) is 16.8 Å². The average molecular weight is 433 g/mol. The Kier molecular flexibility index (Phi) is 6.88. The molecule has 0 atom stereocenters. The molecule has 0 aliphatic carbocycles. The SMILES string of the molecule is CC(C)c1ccccc1NC(=O)CSc1nnc(-c2ccc(OC(F)F)cc2)n1N. The van der Waals surface area contributed by atoms with E-state index in [2.05, 4.69) is 34.1 Å². The second-order valence-electron chi connectivity index (χ2n) is 6.66. The minimum absolute atomic E-state index is 0.0322. The predicted octanol–water partition coefficient (Wildman–Crippen LogP) is 4.11. The molecule has 0 spiro atoms. The third-order valence-electron chi connectivity index (χ3n) is 4.19. The van der Waals surface area contributed by atoms with Crippen molar-refractivity contribution in [3.05, 3.63) is 54.1 Å². The van der Waals surface area contributed by atoms with Crippen molar-refractivity contribution in [1.29, 1.82) is 0 Å². The van der Waals surface area contributed by atoms with E-state index < -0.39 is 6.61 Å². The van der Waals surface area contributed by atoms with Gasteiger partial charge in [0.15, 0.2) is 5.82 Å². The van der Waals surface area contributed by atoms with Crippen LogP contribution in [0.15, 0.2) is 53.7 Å². The standard InChI is InChI=1S/C20H21F2N5O2S/c1-12(2)15-5-3-4-6-16(15)24-17(28)11-30-20-26-25-18(27(20)23)13-7-9-14(10-8-13)29-19(21)22/h3-10,12,19H,11,23H2,1-2H3,(H,24,28). The second kappa shape index (κ2) is 9.57. The number of benzene rings is 2. The van der Waals surface area contributed by atoms with Crippen LogP contribution in [0.25, 0.3) is 11.4 Å². The Bertz CT molecular complexity index is 1010. The first kappa shape index (κ1) is 21.6. The molecule has 3 aromatic rings. The smallest absolute Gasteiger partial charge is 0.387 e. The molecule has 1 heterocycles. The third-order valence-corrected chi connectivity index (χ3v) is 5.13. The molecule has 0 aliphatic rings. The molecule has 158 valence electrons. The molecule has 2 aromatic carbocycles. The van der Waals surface area contributed by atoms with Crippen molar-refractivity contribution in [3.63, 3.8) is 0 Å². The molecule has 0 fully saturated rings. The van der Waals surface area contributed by atoms with Gasteiger partial charge in [-0.2, -0.15) is 8.78 Å². The van der Waals surface area contributed by atoms with Gasteiger partial charge in [0.05, 0.1) is 5.75 Å². The van der Waals surface area contributed by atoms with Gasteiger partial charge in [0.2, 0.25) is 11.1 Å². The normalized spacial score (nSPS) is 11.1. The number of para-hydroxylation sites is 1. The number of thioether (sulfide) groups is 1. The van der Waals surface area contributed by atoms with Crippen LogP contribution in [-0.2, 0) is 4.79 Å². The fraction of sp³-hybridized carbons (Fsp3) is 0.250. The highest BCUT2D eigenvalue weighted by Gasteiger charge is 2.15. The summed E-state index contributed by atoms with van der Waals surface area (Å²) in [4.78, 5) is 12.4. The Hall–Kier alpha value is -3.14. The minimum atomic E-state index is -2.89. The highest BCUT2D eigenvalue weighted by molar-refractivity contribution is 7.99. The number of carbonyl (C=O) groups excluding carboxylic acids is 1. The molecule has 0 aliphatic heterocycles. The van der Waals surface area contributed by atoms with Gasteiger partial charge in [0.1, 0.15) is 5.75 Å². The zero-order valence-corrected chi connectivity index (χ0v) is 17.2. The zero-order chi connectivity index (χ0) is 21.7. The van der Waals surface area contributed by atoms with E-state index in [-0.39, 0.29) is 23.3 Å². The molecule has 0 radical (unpaired) electrons. The Balaban J connectivity index is 1.63. The summed E-state index contributed by atoms with van der Waals surface area (Å²) in [6.45, 7) is 1.23. The van der Waals surface area contributed by atoms with Crippen molar-refractivity contribution < 1.29 is 18.3 Å². The summed E-state index contributed by atoms with van der Waals surface area (Å²) in [5, 5.41) is 11.3. The number of amides is 1. The van der Waals surface area contributed by atoms with Gasteiger partial charge in [0.25, 0.3) is 0 Å². The van der Waals surface area contributed by atoms with E-state index in [9.17, 15) is 13.6 Å². The molecule has 0 saturated heterocycles. The van der Waals surface area contributed by atoms with Crippen molar-refractivity contribution >= 4 is 23.4 Å². The highest BCUT2D eigenvalue weighted by atomic mass is 32.2. The molecule has 7 nitrogen and oxygen atoms in total. The maximum absolute atomic E-state index is 12.4. The summed E-state index contributed by atoms with van der Waals surface area (Å²) >= 11 is 1.14. The number of ether oxygens (including phenoxy) is 1. The lowest BCUT2D eigenvalue weighted by Crippen LogP contribution is -2.17. The summed E-state index contributed by atoms with van der Waals surface area (Å²) in [5.74, 6) is 6.61. The monoisotopic (exact) mass is 433 g/mol. The van der Waals surface area contributed by atoms with Crippen LogP contribution in [0.4, 0.5) is 14.5 Å². The molecular weight excluding hydrogens is 412 g/mol. The van der Waals surface area contributed by atoms with Crippen LogP contribution in [0.5, 0.6) is 5.75 Å². The molecule has 3 N–H and O–H groups in total. The maximum Gasteiger partial charge on any atom is 0.387 e. The van der Waals surface area contributed by atoms with Gasteiger partial charge >= 0.3 is 6.61 Å². The number of aromatic nitrogens is 3. The maximum atomic E-state index is 12.4. The van der Waals surface area contributed by atoms with Crippen LogP contribution in [-0.4, -0.2) is 33.1 Å². The van der Waals surface area contributed by atoms with Crippen LogP contribution in [0.1, 0.15) is 25.3 Å². The Morgan fingerprint density at radius 3 is 2.53 bits per heavy atom. The predicted molar refractivity (Wildman–Crippen MR) is 112 cm³/mol. The van der Waals surface area contributed by atoms with Crippen LogP contribution in [0, 0.1) is 0 Å². The molecule has 30 heavy (non-hydrogen) atoms. The van der Waals surface area contributed by atoms with Crippen LogP contribution in [0.3, 0.4) is 0 Å². The zero-order valence-electron chi connectivity index (χ0n) is 16.4. The number of nitrogen functional groups attached to an aromatic ring is 1. The molecule has 3 rings (SSSR count). The Labute approximate surface area is 176 Å². The van der Waals surface area contributed by atoms with Gasteiger partial charge in [-0.05, 0) is 41.8 Å². The van der Waals surface area contributed by atoms with Crippen molar-refractivity contribution in [1.82, 2.24) is 14.9 Å². The summed E-state index contributed by atoms with van der Waals surface area (Å²) in [7, 11) is 0. The second-order valence-corrected chi connectivity index (χ2v) is 7.60. The number of halogens is 2. The summed E-state index contributed by atoms with van der Waals surface area (Å²) < 4.78 is 30.1. The number of hydrogen-bond acceptors (Lipinski definition) is 6. The van der Waals surface area contributed by atoms with Gasteiger partial charge in [-0.3, -0.25) is 4.79 Å². The van der Waals surface area contributed by atoms with Gasteiger partial charge in [-0.25, -0.2) is 4.68 Å². The lowest BCUT2D eigenvalue weighted by atomic mass is 10.0. The number of hydrogen-bond donors (Lipinski definition) is 2. The molecule has 0 bridgehead atoms. The van der Waals surface area contributed by atoms with E-state index in [0.717, 1.165) is 23.0 Å². The Morgan fingerprint density at radius 1 is 1.17 bits per heavy atom. The molecule has 0 saturated carbocycles. The van der Waals surface area contributed by atoms with E-state index in [1.807, 2.05) is 24.3 Å². The van der Waals surface area contributed by atoms with Gasteiger partial charge in [0, 0.05) is 11.3 Å². The van der Waals surface area contributed by atoms with E-state index >= 15 is 0 Å². The number of alkyl halides is 2. The topological polar surface area (TPSA) is 95.1 Å². The van der Waals surface area contributed by atoms with Crippen molar-refractivity contribution in [3.8, 4) is 17.1 Å². The van der Waals surface area contributed by atoms with E-state index in [1.54, 1.807) is 12.1 Å². The number of carbonyl (C=O) groups is 1. The summed E-state index contributed by atoms with van der Waals surface area (Å²) in [5.41, 5.74) is 2.41. The van der Waals surface area contributed by atoms with Crippen molar-refractivity contribution in [2.24, 2.45) is 0 Å². The fourth-order valence-electron chi connectivity index (χ4n) is 2.79. The quantitative estimate of drug-likeness (QED) is 0.410. The average Bonchev–Trinajstić information content (AvgIpc) is 3.07. The lowest BCUT2D eigenvalue weighted by Gasteiger charge is -2.13. The van der Waals surface area contributed by atoms with Gasteiger partial charge in [-0.15, -0.1) is 10.2 Å². The molecular formula is C20H21F2N5O2S. The summed E-state index contributed by atoms with van der Waals surface area (Å²) in [6, 6.07) is 13.5. The lowest BCUT2D eigenvalue weighted by molar-refractivity contribution is -0.113. The molecule has 1 amide bonds. The number of anilines is 1. The van der Waals surface area contributed by atoms with Gasteiger partial charge in [-0.1, -0.05) is 43.8 Å². The largest absolute Gasteiger partial charge is 0.435 e. The van der Waals surface area contributed by atoms with Gasteiger partial charge < -0.3 is 15.9 Å². The van der Waals surface area contributed by atoms with E-state index in [0.29, 0.717) is 16.5 Å². The Morgan fingerprint density at radius 2 is 1.87 bits per heavy atom. The number of nitrogens with zero attached hydrogens (tertiary/aromatic N) is 3. The third kappa shape index (κ3) is 5.26. The summed E-state index contributed by atoms with van der Waals surface area (Å²) in [6.07, 6.45) is 0. The van der Waals surface area contributed by atoms with E-state index in [4.69, 9.17) is 5.84 Å². The van der Waals surface area contributed by atoms with Crippen LogP contribution < -0.4 is 15.9 Å². The molecule has 1 aromatic heterocycles. The van der Waals surface area contributed by atoms with Crippen molar-refractivity contribution in [2.75, 3.05) is 16.9 Å². The highest BCUT2D eigenvalue weighted by Crippen LogP contribution is 2.26.